The van der Waals surface area contributed by atoms with E-state index >= 15 is 0 Å². The molecule has 0 aliphatic heterocycles. The third-order valence-corrected chi connectivity index (χ3v) is 3.07. The molecule has 1 saturated carbocycles. The smallest absolute Gasteiger partial charge is 0.127 e. The summed E-state index contributed by atoms with van der Waals surface area (Å²) in [5, 5.41) is 3.50. The van der Waals surface area contributed by atoms with Crippen molar-refractivity contribution in [3.63, 3.8) is 0 Å². The van der Waals surface area contributed by atoms with Crippen LogP contribution in [0.3, 0.4) is 0 Å². The maximum atomic E-state index is 5.75. The molecule has 0 heterocycles. The lowest BCUT2D eigenvalue weighted by atomic mass is 10.2. The van der Waals surface area contributed by atoms with Gasteiger partial charge in [-0.2, -0.15) is 0 Å². The Labute approximate surface area is 108 Å². The van der Waals surface area contributed by atoms with Crippen molar-refractivity contribution in [2.45, 2.75) is 25.4 Å². The Kier molecular flexibility index (Phi) is 3.29. The lowest BCUT2D eigenvalue weighted by Crippen LogP contribution is -2.14. The Morgan fingerprint density at radius 2 is 1.56 bits per heavy atom. The van der Waals surface area contributed by atoms with Crippen LogP contribution in [0.25, 0.3) is 0 Å². The van der Waals surface area contributed by atoms with Crippen LogP contribution < -0.4 is 10.1 Å². The van der Waals surface area contributed by atoms with E-state index in [9.17, 15) is 0 Å². The Bertz CT molecular complexity index is 488. The fraction of sp³-hybridized carbons (Fsp3) is 0.250. The van der Waals surface area contributed by atoms with Crippen molar-refractivity contribution >= 4 is 0 Å². The summed E-state index contributed by atoms with van der Waals surface area (Å²) in [6.45, 7) is 0.955. The lowest BCUT2D eigenvalue weighted by molar-refractivity contribution is 0.482. The van der Waals surface area contributed by atoms with E-state index in [1.807, 2.05) is 42.5 Å². The Morgan fingerprint density at radius 1 is 0.889 bits per heavy atom. The summed E-state index contributed by atoms with van der Waals surface area (Å²) in [7, 11) is 0. The molecule has 0 unspecified atom stereocenters. The molecular weight excluding hydrogens is 222 g/mol. The van der Waals surface area contributed by atoms with Crippen LogP contribution >= 0.6 is 0 Å². The molecule has 0 atom stereocenters. The highest BCUT2D eigenvalue weighted by Gasteiger charge is 2.19. The number of ether oxygens (including phenoxy) is 1. The van der Waals surface area contributed by atoms with Crippen LogP contribution in [-0.4, -0.2) is 6.04 Å². The number of hydrogen-bond donors (Lipinski definition) is 1. The van der Waals surface area contributed by atoms with Crippen molar-refractivity contribution in [1.29, 1.82) is 0 Å². The number of rotatable bonds is 5. The standard InChI is InChI=1S/C16H17NO/c1-2-4-15(5-3-1)18-16-10-6-13(7-11-16)12-17-14-8-9-14/h1-7,10-11,14,17H,8-9,12H2. The maximum Gasteiger partial charge on any atom is 0.127 e. The van der Waals surface area contributed by atoms with Gasteiger partial charge in [-0.25, -0.2) is 0 Å². The van der Waals surface area contributed by atoms with Crippen LogP contribution in [-0.2, 0) is 6.54 Å². The van der Waals surface area contributed by atoms with Gasteiger partial charge in [0.05, 0.1) is 0 Å². The first-order chi connectivity index (χ1) is 8.90. The Morgan fingerprint density at radius 3 is 2.22 bits per heavy atom. The molecule has 2 nitrogen and oxygen atoms in total. The van der Waals surface area contributed by atoms with Gasteiger partial charge in [0.25, 0.3) is 0 Å². The van der Waals surface area contributed by atoms with Crippen LogP contribution in [0.5, 0.6) is 11.5 Å². The highest BCUT2D eigenvalue weighted by Crippen LogP contribution is 2.22. The summed E-state index contributed by atoms with van der Waals surface area (Å²) in [5.74, 6) is 1.76. The first-order valence-electron chi connectivity index (χ1n) is 6.45. The van der Waals surface area contributed by atoms with Crippen LogP contribution in [0.2, 0.25) is 0 Å². The van der Waals surface area contributed by atoms with Gasteiger partial charge in [0.2, 0.25) is 0 Å². The Balaban J connectivity index is 1.59. The number of benzene rings is 2. The molecule has 2 aromatic carbocycles. The summed E-state index contributed by atoms with van der Waals surface area (Å²) in [6, 6.07) is 18.9. The monoisotopic (exact) mass is 239 g/mol. The van der Waals surface area contributed by atoms with Gasteiger partial charge in [-0.15, -0.1) is 0 Å². The van der Waals surface area contributed by atoms with Gasteiger partial charge in [0, 0.05) is 12.6 Å². The van der Waals surface area contributed by atoms with Crippen molar-refractivity contribution in [2.75, 3.05) is 0 Å². The molecule has 92 valence electrons. The van der Waals surface area contributed by atoms with Crippen molar-refractivity contribution in [3.05, 3.63) is 60.2 Å². The number of nitrogens with one attached hydrogen (secondary N) is 1. The fourth-order valence-electron chi connectivity index (χ4n) is 1.85. The molecule has 0 bridgehead atoms. The summed E-state index contributed by atoms with van der Waals surface area (Å²) < 4.78 is 5.75. The predicted octanol–water partition coefficient (Wildman–Crippen LogP) is 3.73. The largest absolute Gasteiger partial charge is 0.457 e. The van der Waals surface area contributed by atoms with Crippen molar-refractivity contribution in [1.82, 2.24) is 5.32 Å². The van der Waals surface area contributed by atoms with E-state index in [1.165, 1.54) is 18.4 Å². The van der Waals surface area contributed by atoms with Crippen LogP contribution in [0, 0.1) is 0 Å². The zero-order chi connectivity index (χ0) is 12.2. The summed E-state index contributed by atoms with van der Waals surface area (Å²) in [6.07, 6.45) is 2.66. The average Bonchev–Trinajstić information content (AvgIpc) is 3.23. The average molecular weight is 239 g/mol. The highest BCUT2D eigenvalue weighted by atomic mass is 16.5. The molecule has 2 aromatic rings. The molecule has 1 fully saturated rings. The molecule has 1 N–H and O–H groups in total. The molecular formula is C16H17NO. The van der Waals surface area contributed by atoms with E-state index in [1.54, 1.807) is 0 Å². The van der Waals surface area contributed by atoms with Gasteiger partial charge >= 0.3 is 0 Å². The topological polar surface area (TPSA) is 21.3 Å². The zero-order valence-corrected chi connectivity index (χ0v) is 10.3. The molecule has 0 spiro atoms. The van der Waals surface area contributed by atoms with Crippen LogP contribution in [0.4, 0.5) is 0 Å². The van der Waals surface area contributed by atoms with Crippen molar-refractivity contribution in [3.8, 4) is 11.5 Å². The van der Waals surface area contributed by atoms with Gasteiger partial charge < -0.3 is 10.1 Å². The minimum atomic E-state index is 0.755. The normalized spacial score (nSPS) is 14.4. The Hall–Kier alpha value is -1.80. The van der Waals surface area contributed by atoms with E-state index in [0.29, 0.717) is 0 Å². The van der Waals surface area contributed by atoms with Crippen LogP contribution in [0.1, 0.15) is 18.4 Å². The number of hydrogen-bond acceptors (Lipinski definition) is 2. The maximum absolute atomic E-state index is 5.75. The minimum absolute atomic E-state index is 0.755. The third kappa shape index (κ3) is 3.11. The van der Waals surface area contributed by atoms with Crippen LogP contribution in [0.15, 0.2) is 54.6 Å². The second-order valence-electron chi connectivity index (χ2n) is 4.71. The fourth-order valence-corrected chi connectivity index (χ4v) is 1.85. The lowest BCUT2D eigenvalue weighted by Gasteiger charge is -2.07. The van der Waals surface area contributed by atoms with Crippen molar-refractivity contribution in [2.24, 2.45) is 0 Å². The SMILES string of the molecule is c1ccc(Oc2ccc(CNC3CC3)cc2)cc1. The molecule has 0 radical (unpaired) electrons. The van der Waals surface area contributed by atoms with E-state index in [-0.39, 0.29) is 0 Å². The first-order valence-corrected chi connectivity index (χ1v) is 6.45. The summed E-state index contributed by atoms with van der Waals surface area (Å²) in [5.41, 5.74) is 1.31. The van der Waals surface area contributed by atoms with Gasteiger partial charge in [0.1, 0.15) is 11.5 Å². The van der Waals surface area contributed by atoms with E-state index < -0.39 is 0 Å². The molecule has 1 aliphatic carbocycles. The highest BCUT2D eigenvalue weighted by molar-refractivity contribution is 5.32. The molecule has 0 aromatic heterocycles. The van der Waals surface area contributed by atoms with Gasteiger partial charge in [0.15, 0.2) is 0 Å². The first kappa shape index (κ1) is 11.3. The van der Waals surface area contributed by atoms with E-state index in [4.69, 9.17) is 4.74 Å². The third-order valence-electron chi connectivity index (χ3n) is 3.07. The zero-order valence-electron chi connectivity index (χ0n) is 10.3. The predicted molar refractivity (Wildman–Crippen MR) is 72.8 cm³/mol. The summed E-state index contributed by atoms with van der Waals surface area (Å²) in [4.78, 5) is 0. The minimum Gasteiger partial charge on any atom is -0.457 e. The number of para-hydroxylation sites is 1. The molecule has 18 heavy (non-hydrogen) atoms. The quantitative estimate of drug-likeness (QED) is 0.858. The van der Waals surface area contributed by atoms with Gasteiger partial charge in [-0.1, -0.05) is 30.3 Å². The second kappa shape index (κ2) is 5.23. The van der Waals surface area contributed by atoms with Crippen molar-refractivity contribution < 1.29 is 4.74 Å². The second-order valence-corrected chi connectivity index (χ2v) is 4.71. The van der Waals surface area contributed by atoms with E-state index in [2.05, 4.69) is 17.4 Å². The molecule has 0 amide bonds. The molecule has 0 saturated heterocycles. The summed E-state index contributed by atoms with van der Waals surface area (Å²) >= 11 is 0. The van der Waals surface area contributed by atoms with Gasteiger partial charge in [-0.05, 0) is 42.7 Å². The van der Waals surface area contributed by atoms with Gasteiger partial charge in [-0.3, -0.25) is 0 Å². The molecule has 3 rings (SSSR count). The van der Waals surface area contributed by atoms with E-state index in [0.717, 1.165) is 24.1 Å². The molecule has 1 aliphatic rings. The molecule has 2 heteroatoms.